The van der Waals surface area contributed by atoms with Crippen molar-refractivity contribution in [1.82, 2.24) is 0 Å². The first-order valence-corrected chi connectivity index (χ1v) is 40.1. The summed E-state index contributed by atoms with van der Waals surface area (Å²) in [5.74, 6) is -1.65. The van der Waals surface area contributed by atoms with Gasteiger partial charge in [0, 0.05) is 19.3 Å². The van der Waals surface area contributed by atoms with E-state index in [1.807, 2.05) is 0 Å². The number of aliphatic hydroxyl groups is 2. The monoisotopic (exact) mass is 1400 g/mol. The summed E-state index contributed by atoms with van der Waals surface area (Å²) in [5.41, 5.74) is 0. The van der Waals surface area contributed by atoms with Gasteiger partial charge in [0.2, 0.25) is 0 Å². The molecular weight excluding hydrogens is 1270 g/mol. The molecule has 5 atom stereocenters. The summed E-state index contributed by atoms with van der Waals surface area (Å²) in [6, 6.07) is 0. The lowest BCUT2D eigenvalue weighted by molar-refractivity contribution is -0.161. The van der Waals surface area contributed by atoms with E-state index in [4.69, 9.17) is 32.3 Å². The molecule has 97 heavy (non-hydrogen) atoms. The molecule has 0 amide bonds. The molecule has 0 aliphatic rings. The Labute approximate surface area is 587 Å². The van der Waals surface area contributed by atoms with Gasteiger partial charge in [-0.25, -0.2) is 9.13 Å². The van der Waals surface area contributed by atoms with E-state index in [1.165, 1.54) is 64.2 Å². The van der Waals surface area contributed by atoms with Gasteiger partial charge in [-0.2, -0.15) is 0 Å². The lowest BCUT2D eigenvalue weighted by atomic mass is 10.1. The molecule has 554 valence electrons. The molecule has 0 aromatic rings. The molecule has 0 aromatic carbocycles. The van der Waals surface area contributed by atoms with E-state index < -0.39 is 91.5 Å². The van der Waals surface area contributed by atoms with Crippen LogP contribution in [0.25, 0.3) is 0 Å². The highest BCUT2D eigenvalue weighted by atomic mass is 31.2. The predicted molar refractivity (Wildman–Crippen MR) is 399 cm³/mol. The smallest absolute Gasteiger partial charge is 0.463 e. The van der Waals surface area contributed by atoms with Crippen LogP contribution in [0.2, 0.25) is 0 Å². The number of unbranched alkanes of at least 4 members (excludes halogenated alkanes) is 22. The largest absolute Gasteiger partial charge is 0.472 e. The number of carbonyl (C=O) groups excluding carboxylic acids is 3. The molecule has 0 rings (SSSR count). The van der Waals surface area contributed by atoms with Crippen LogP contribution >= 0.6 is 15.6 Å². The zero-order chi connectivity index (χ0) is 70.9. The number of ether oxygens (including phenoxy) is 3. The number of hydrogen-bond acceptors (Lipinski definition) is 14. The number of esters is 3. The topological polar surface area (TPSA) is 231 Å². The lowest BCUT2D eigenvalue weighted by Gasteiger charge is -2.21. The number of phosphoric acid groups is 2. The van der Waals surface area contributed by atoms with Crippen molar-refractivity contribution in [3.8, 4) is 0 Å². The lowest BCUT2D eigenvalue weighted by Crippen LogP contribution is -2.30. The minimum Gasteiger partial charge on any atom is -0.463 e. The van der Waals surface area contributed by atoms with Gasteiger partial charge >= 0.3 is 33.6 Å². The van der Waals surface area contributed by atoms with Gasteiger partial charge in [-0.15, -0.1) is 0 Å². The second kappa shape index (κ2) is 71.3. The molecule has 0 saturated heterocycles. The van der Waals surface area contributed by atoms with Crippen LogP contribution in [-0.2, 0) is 55.8 Å². The van der Waals surface area contributed by atoms with Gasteiger partial charge in [0.1, 0.15) is 25.4 Å². The Kier molecular flexibility index (Phi) is 67.9. The van der Waals surface area contributed by atoms with Crippen molar-refractivity contribution in [2.24, 2.45) is 0 Å². The van der Waals surface area contributed by atoms with Crippen molar-refractivity contribution in [2.75, 3.05) is 39.6 Å². The first kappa shape index (κ1) is 92.4. The molecule has 0 fully saturated rings. The van der Waals surface area contributed by atoms with Gasteiger partial charge in [0.05, 0.1) is 26.4 Å². The van der Waals surface area contributed by atoms with Crippen LogP contribution in [0.5, 0.6) is 0 Å². The number of aliphatic hydroxyl groups excluding tert-OH is 2. The number of rotatable bonds is 69. The summed E-state index contributed by atoms with van der Waals surface area (Å²) >= 11 is 0. The maximum absolute atomic E-state index is 12.9. The molecule has 0 saturated carbocycles. The number of hydrogen-bond donors (Lipinski definition) is 4. The fourth-order valence-electron chi connectivity index (χ4n) is 9.42. The van der Waals surface area contributed by atoms with Gasteiger partial charge in [0.15, 0.2) is 6.10 Å². The summed E-state index contributed by atoms with van der Waals surface area (Å²) in [6.45, 7) is 2.37. The van der Waals surface area contributed by atoms with Crippen molar-refractivity contribution >= 4 is 33.6 Å². The van der Waals surface area contributed by atoms with Crippen molar-refractivity contribution in [2.45, 2.75) is 296 Å². The zero-order valence-electron chi connectivity index (χ0n) is 60.2. The molecule has 0 spiro atoms. The quantitative estimate of drug-likeness (QED) is 0.0146. The van der Waals surface area contributed by atoms with E-state index in [0.29, 0.717) is 19.3 Å². The molecular formula is C79H132O16P2. The minimum atomic E-state index is -4.94. The van der Waals surface area contributed by atoms with Crippen LogP contribution in [0.4, 0.5) is 0 Å². The van der Waals surface area contributed by atoms with Crippen LogP contribution in [-0.4, -0.2) is 95.9 Å². The van der Waals surface area contributed by atoms with Gasteiger partial charge in [0.25, 0.3) is 0 Å². The molecule has 0 aromatic heterocycles. The summed E-state index contributed by atoms with van der Waals surface area (Å²) in [5, 5.41) is 20.6. The Balaban J connectivity index is 4.66. The van der Waals surface area contributed by atoms with E-state index in [-0.39, 0.29) is 19.3 Å². The fraction of sp³-hybridized carbons (Fsp3) is 0.658. The van der Waals surface area contributed by atoms with E-state index in [2.05, 4.69) is 167 Å². The van der Waals surface area contributed by atoms with Crippen LogP contribution in [0.15, 0.2) is 146 Å². The third kappa shape index (κ3) is 72.5. The Hall–Kier alpha value is -4.57. The second-order valence-corrected chi connectivity index (χ2v) is 27.2. The van der Waals surface area contributed by atoms with Crippen LogP contribution in [0.1, 0.15) is 278 Å². The average Bonchev–Trinajstić information content (AvgIpc) is 2.08. The highest BCUT2D eigenvalue weighted by Crippen LogP contribution is 2.45. The molecule has 0 radical (unpaired) electrons. The van der Waals surface area contributed by atoms with Gasteiger partial charge < -0.3 is 34.2 Å². The van der Waals surface area contributed by atoms with Crippen molar-refractivity contribution in [3.05, 3.63) is 146 Å². The summed E-state index contributed by atoms with van der Waals surface area (Å²) in [7, 11) is -9.81. The van der Waals surface area contributed by atoms with Crippen molar-refractivity contribution in [1.29, 1.82) is 0 Å². The summed E-state index contributed by atoms with van der Waals surface area (Å²) in [6.07, 6.45) is 86.1. The minimum absolute atomic E-state index is 0.0809. The third-order valence-electron chi connectivity index (χ3n) is 15.0. The Bertz CT molecular complexity index is 2350. The van der Waals surface area contributed by atoms with Crippen molar-refractivity contribution < 1.29 is 75.8 Å². The molecule has 0 aliphatic carbocycles. The van der Waals surface area contributed by atoms with Crippen molar-refractivity contribution in [3.63, 3.8) is 0 Å². The molecule has 0 heterocycles. The van der Waals surface area contributed by atoms with Crippen LogP contribution < -0.4 is 0 Å². The number of phosphoric ester groups is 2. The van der Waals surface area contributed by atoms with Gasteiger partial charge in [-0.1, -0.05) is 263 Å². The molecule has 4 N–H and O–H groups in total. The first-order valence-electron chi connectivity index (χ1n) is 37.1. The van der Waals surface area contributed by atoms with E-state index >= 15 is 0 Å². The molecule has 16 nitrogen and oxygen atoms in total. The molecule has 5 unspecified atom stereocenters. The van der Waals surface area contributed by atoms with Gasteiger partial charge in [-0.05, 0) is 141 Å². The first-order chi connectivity index (χ1) is 47.2. The Morgan fingerprint density at radius 1 is 0.299 bits per heavy atom. The maximum atomic E-state index is 12.9. The van der Waals surface area contributed by atoms with E-state index in [9.17, 15) is 43.5 Å². The summed E-state index contributed by atoms with van der Waals surface area (Å²) in [4.78, 5) is 58.5. The number of carbonyl (C=O) groups is 3. The highest BCUT2D eigenvalue weighted by Gasteiger charge is 2.29. The molecule has 18 heteroatoms. The summed E-state index contributed by atoms with van der Waals surface area (Å²) < 4.78 is 61.0. The number of allylic oxidation sites excluding steroid dienone is 24. The maximum Gasteiger partial charge on any atom is 0.472 e. The third-order valence-corrected chi connectivity index (χ3v) is 16.9. The Morgan fingerprint density at radius 2 is 0.546 bits per heavy atom. The van der Waals surface area contributed by atoms with Gasteiger partial charge in [-0.3, -0.25) is 32.5 Å². The zero-order valence-corrected chi connectivity index (χ0v) is 62.0. The Morgan fingerprint density at radius 3 is 0.897 bits per heavy atom. The van der Waals surface area contributed by atoms with Crippen LogP contribution in [0, 0.1) is 0 Å². The highest BCUT2D eigenvalue weighted by molar-refractivity contribution is 7.47. The van der Waals surface area contributed by atoms with E-state index in [0.717, 1.165) is 154 Å². The SMILES string of the molecule is CC/C=C\C/C=C\C/C=C\C/C=C\C/C=C\C/C=C\CCCCC(=O)OCC(COP(=O)(O)OCC(O)COP(=O)(O)OCC(O)COC(=O)CCCCCCCCCCC/C=C\C/C=C\C/C=C\C/C=C\C/C=C\CC)OC(=O)CCCCCCC/C=C\CCCCCCCC. The van der Waals surface area contributed by atoms with Crippen LogP contribution in [0.3, 0.4) is 0 Å². The predicted octanol–water partition coefficient (Wildman–Crippen LogP) is 21.3. The molecule has 0 bridgehead atoms. The molecule has 0 aliphatic heterocycles. The fourth-order valence-corrected chi connectivity index (χ4v) is 11.0. The second-order valence-electron chi connectivity index (χ2n) is 24.3. The normalized spacial score (nSPS) is 14.9. The standard InChI is InChI=1S/C79H132O16P2/c1-4-7-10-13-16-19-22-25-28-30-32-34-35-36-37-39-41-42-45-47-50-53-56-59-62-65-77(82)89-68-74(80)69-91-96(85,86)92-70-75(81)71-93-97(87,88)94-73-76(95-79(84)67-64-61-58-55-52-49-44-27-24-21-18-15-12-9-6-3)72-90-78(83)66-63-60-57-54-51-48-46-43-40-38-33-31-29-26-23-20-17-14-11-8-5-2/h7-8,10-11,16-17,19-20,25-29,32-34,36-38,43-44,46,51,54,74-76,80-81H,4-6,9,12-15,18,21-24,30-31,35,39-42,45,47-50,52-53,55-73H2,1-3H3,(H,85,86)(H,87,88)/b10-7-,11-8-,19-16-,20-17-,28-25-,29-26-,34-32-,37-36-,38-33-,44-27-,46-43-,54-51-. The van der Waals surface area contributed by atoms with E-state index in [1.54, 1.807) is 0 Å². The average molecular weight is 1400 g/mol.